The van der Waals surface area contributed by atoms with Crippen LogP contribution in [0.4, 0.5) is 10.7 Å². The van der Waals surface area contributed by atoms with Gasteiger partial charge in [-0.15, -0.1) is 0 Å². The predicted molar refractivity (Wildman–Crippen MR) is 257 cm³/mol. The molecule has 69 heavy (non-hydrogen) atoms. The van der Waals surface area contributed by atoms with E-state index in [1.807, 2.05) is 86.5 Å². The van der Waals surface area contributed by atoms with Gasteiger partial charge in [-0.3, -0.25) is 9.59 Å². The number of unbranched alkanes of at least 4 members (excludes halogenated alkanes) is 1. The van der Waals surface area contributed by atoms with Crippen molar-refractivity contribution in [2.75, 3.05) is 67.4 Å². The largest absolute Gasteiger partial charge is 0.458 e. The second-order valence-electron chi connectivity index (χ2n) is 21.4. The number of nitrogens with zero attached hydrogens (tertiary/aromatic N) is 5. The third-order valence-electron chi connectivity index (χ3n) is 15.8. The molecule has 394 valence electrons. The van der Waals surface area contributed by atoms with Crippen molar-refractivity contribution < 1.29 is 62.5 Å². The molecule has 5 rings (SSSR count). The molecular weight excluding hydrogens is 893 g/mol. The minimum Gasteiger partial charge on any atom is -0.458 e. The van der Waals surface area contributed by atoms with Gasteiger partial charge in [-0.1, -0.05) is 27.7 Å². The van der Waals surface area contributed by atoms with Crippen LogP contribution in [-0.2, 0) is 47.5 Å². The Labute approximate surface area is 410 Å². The summed E-state index contributed by atoms with van der Waals surface area (Å²) >= 11 is 0. The molecule has 4 fully saturated rings. The molecule has 1 amide bonds. The smallest absolute Gasteiger partial charge is 0.410 e. The van der Waals surface area contributed by atoms with Gasteiger partial charge in [-0.2, -0.15) is 0 Å². The van der Waals surface area contributed by atoms with Crippen molar-refractivity contribution >= 4 is 23.8 Å². The highest BCUT2D eigenvalue weighted by atomic mass is 16.7. The van der Waals surface area contributed by atoms with E-state index in [0.29, 0.717) is 31.8 Å². The van der Waals surface area contributed by atoms with E-state index in [-0.39, 0.29) is 50.3 Å². The maximum atomic E-state index is 15.1. The van der Waals surface area contributed by atoms with Gasteiger partial charge in [0.25, 0.3) is 0 Å². The lowest BCUT2D eigenvalue weighted by atomic mass is 9.73. The Morgan fingerprint density at radius 1 is 0.913 bits per heavy atom. The average Bonchev–Trinajstić information content (AvgIpc) is 3.56. The quantitative estimate of drug-likeness (QED) is 0.153. The molecule has 19 heteroatoms. The van der Waals surface area contributed by atoms with Gasteiger partial charge in [0.15, 0.2) is 18.2 Å². The number of nitrogens with one attached hydrogen (secondary N) is 1. The second-order valence-corrected chi connectivity index (χ2v) is 21.4. The van der Waals surface area contributed by atoms with Crippen LogP contribution >= 0.6 is 0 Å². The van der Waals surface area contributed by atoms with Crippen LogP contribution in [0, 0.1) is 23.7 Å². The Morgan fingerprint density at radius 2 is 1.58 bits per heavy atom. The molecule has 0 aliphatic carbocycles. The van der Waals surface area contributed by atoms with Crippen LogP contribution in [0.25, 0.3) is 0 Å². The lowest BCUT2D eigenvalue weighted by molar-refractivity contribution is -0.339. The van der Waals surface area contributed by atoms with Crippen LogP contribution in [0.2, 0.25) is 0 Å². The first-order valence-electron chi connectivity index (χ1n) is 25.0. The van der Waals surface area contributed by atoms with E-state index in [4.69, 9.17) is 37.9 Å². The highest BCUT2D eigenvalue weighted by Crippen LogP contribution is 2.46. The number of rotatable bonds is 16. The maximum absolute atomic E-state index is 15.1. The second kappa shape index (κ2) is 23.2. The zero-order valence-corrected chi connectivity index (χ0v) is 44.3. The topological polar surface area (TPSA) is 213 Å². The number of amides is 1. The van der Waals surface area contributed by atoms with Crippen LogP contribution in [0.1, 0.15) is 108 Å². The Hall–Kier alpha value is -3.11. The number of hydrogen-bond acceptors (Lipinski definition) is 18. The standard InChI is InChI=1S/C50H86N6O13/c1-17-36-49(10)41(56(46(60)69-49)24-19-18-21-51-45-52-22-20-23-53-45)31(4)38(57)29(2)26-47(8,62-15)42(68-44-39(58)35(55(13)14)25-30(3)64-44)32(5)40(33(6)43(59)66-36)67-37-27-48(9,63-16)50(61,28-54(11)12)34(7)65-37/h20,22-23,29-37,39-42,44,58,61H,17-19,21,24-28H2,1-16H3,(H,51,52,53)/t29-,30-,31+,32+,33-,34+,35+,36-,37+,39-,40+,41-,42-,44+,47+,48-,49-,50-/m1/s1. The number of methoxy groups -OCH3 is 2. The summed E-state index contributed by atoms with van der Waals surface area (Å²) in [5, 5.41) is 27.3. The molecule has 0 spiro atoms. The number of aliphatic hydroxyl groups is 2. The Balaban J connectivity index is 1.59. The minimum atomic E-state index is -1.44. The first-order valence-corrected chi connectivity index (χ1v) is 25.0. The molecule has 4 aliphatic heterocycles. The predicted octanol–water partition coefficient (Wildman–Crippen LogP) is 4.52. The van der Waals surface area contributed by atoms with Gasteiger partial charge >= 0.3 is 12.1 Å². The van der Waals surface area contributed by atoms with Crippen LogP contribution < -0.4 is 5.32 Å². The lowest BCUT2D eigenvalue weighted by Gasteiger charge is -2.54. The molecule has 0 bridgehead atoms. The molecule has 19 nitrogen and oxygen atoms in total. The third-order valence-corrected chi connectivity index (χ3v) is 15.8. The number of cyclic esters (lactones) is 1. The summed E-state index contributed by atoms with van der Waals surface area (Å²) in [6.07, 6.45) is -2.26. The Bertz CT molecular complexity index is 1850. The van der Waals surface area contributed by atoms with Gasteiger partial charge in [-0.25, -0.2) is 14.8 Å². The van der Waals surface area contributed by atoms with E-state index in [1.165, 1.54) is 0 Å². The molecule has 0 radical (unpaired) electrons. The first kappa shape index (κ1) is 56.8. The molecule has 0 unspecified atom stereocenters. The highest BCUT2D eigenvalue weighted by Gasteiger charge is 2.62. The van der Waals surface area contributed by atoms with Crippen molar-refractivity contribution in [3.05, 3.63) is 18.5 Å². The van der Waals surface area contributed by atoms with Crippen LogP contribution in [0.5, 0.6) is 0 Å². The van der Waals surface area contributed by atoms with E-state index < -0.39 is 107 Å². The number of carbonyl (C=O) groups is 3. The van der Waals surface area contributed by atoms with Crippen molar-refractivity contribution in [1.29, 1.82) is 0 Å². The van der Waals surface area contributed by atoms with E-state index in [2.05, 4.69) is 15.3 Å². The van der Waals surface area contributed by atoms with Crippen LogP contribution in [0.3, 0.4) is 0 Å². The summed E-state index contributed by atoms with van der Waals surface area (Å²) in [5.41, 5.74) is -5.31. The summed E-state index contributed by atoms with van der Waals surface area (Å²) < 4.78 is 52.4. The van der Waals surface area contributed by atoms with E-state index in [0.717, 1.165) is 0 Å². The number of carbonyl (C=O) groups excluding carboxylic acids is 3. The van der Waals surface area contributed by atoms with Crippen LogP contribution in [-0.4, -0.2) is 198 Å². The summed E-state index contributed by atoms with van der Waals surface area (Å²) in [7, 11) is 10.6. The molecule has 1 aromatic rings. The number of likely N-dealkylation sites (N-methyl/N-ethyl adjacent to an activating group) is 2. The zero-order chi connectivity index (χ0) is 51.4. The monoisotopic (exact) mass is 979 g/mol. The van der Waals surface area contributed by atoms with E-state index >= 15 is 9.59 Å². The SMILES string of the molecule is CC[C@H]1OC(=O)[C@H](C)[C@@H](O[C@H]2C[C@@](C)(OC)[C@@](O)(CN(C)C)[C@H](C)O2)[C@H](C)[C@@H](O[C@@H]2O[C@H](C)C[C@H](N(C)C)[C@H]2O)[C@@](C)(OC)C[C@@H](C)C(=O)[C@H](C)[C@H]2N(CCCCNc3ncccn3)C(=O)O[C@]12C. The van der Waals surface area contributed by atoms with Gasteiger partial charge in [0.2, 0.25) is 5.95 Å². The Kier molecular flexibility index (Phi) is 19.1. The minimum absolute atomic E-state index is 0.0886. The number of esters is 1. The molecule has 1 aromatic heterocycles. The molecule has 0 aromatic carbocycles. The summed E-state index contributed by atoms with van der Waals surface area (Å²) in [6, 6.07) is 0.624. The van der Waals surface area contributed by atoms with Gasteiger partial charge in [0.1, 0.15) is 29.2 Å². The summed E-state index contributed by atoms with van der Waals surface area (Å²) in [6.45, 7) is 19.3. The lowest BCUT2D eigenvalue weighted by Crippen LogP contribution is -2.70. The van der Waals surface area contributed by atoms with Gasteiger partial charge in [0, 0.05) is 76.5 Å². The summed E-state index contributed by atoms with van der Waals surface area (Å²) in [4.78, 5) is 58.1. The highest BCUT2D eigenvalue weighted by molar-refractivity contribution is 5.85. The molecular formula is C50H86N6O13. The third kappa shape index (κ3) is 12.1. The fraction of sp³-hybridized carbons (Fsp3) is 0.860. The van der Waals surface area contributed by atoms with Crippen molar-refractivity contribution in [1.82, 2.24) is 24.7 Å². The molecule has 0 saturated carbocycles. The number of Topliss-reactive ketones (excluding diaryl/α,β-unsaturated/α-hetero) is 1. The first-order chi connectivity index (χ1) is 32.3. The van der Waals surface area contributed by atoms with Gasteiger partial charge in [-0.05, 0) is 108 Å². The number of aromatic nitrogens is 2. The number of anilines is 1. The molecule has 18 atom stereocenters. The van der Waals surface area contributed by atoms with Crippen LogP contribution in [0.15, 0.2) is 18.5 Å². The van der Waals surface area contributed by atoms with Crippen molar-refractivity contribution in [2.24, 2.45) is 23.7 Å². The van der Waals surface area contributed by atoms with Gasteiger partial charge < -0.3 is 68.1 Å². The molecule has 4 saturated heterocycles. The summed E-state index contributed by atoms with van der Waals surface area (Å²) in [5.74, 6) is -3.47. The average molecular weight is 979 g/mol. The fourth-order valence-corrected chi connectivity index (χ4v) is 11.7. The Morgan fingerprint density at radius 3 is 2.17 bits per heavy atom. The van der Waals surface area contributed by atoms with Crippen molar-refractivity contribution in [3.8, 4) is 0 Å². The van der Waals surface area contributed by atoms with E-state index in [1.54, 1.807) is 58.4 Å². The van der Waals surface area contributed by atoms with E-state index in [9.17, 15) is 15.0 Å². The normalized spacial score (nSPS) is 41.7. The van der Waals surface area contributed by atoms with Crippen molar-refractivity contribution in [2.45, 2.75) is 191 Å². The number of ketones is 1. The molecule has 4 aliphatic rings. The molecule has 3 N–H and O–H groups in total. The maximum Gasteiger partial charge on any atom is 0.410 e. The molecule has 5 heterocycles. The zero-order valence-electron chi connectivity index (χ0n) is 44.3. The number of ether oxygens (including phenoxy) is 8. The van der Waals surface area contributed by atoms with Gasteiger partial charge in [0.05, 0.1) is 42.0 Å². The fourth-order valence-electron chi connectivity index (χ4n) is 11.7. The number of hydrogen-bond donors (Lipinski definition) is 3. The number of aliphatic hydroxyl groups excluding tert-OH is 1. The number of fused-ring (bicyclic) bond motifs is 1. The van der Waals surface area contributed by atoms with Crippen molar-refractivity contribution in [3.63, 3.8) is 0 Å².